The molecule has 0 bridgehead atoms. The molecule has 1 aliphatic rings. The van der Waals surface area contributed by atoms with Gasteiger partial charge in [-0.2, -0.15) is 0 Å². The fourth-order valence-electron chi connectivity index (χ4n) is 2.95. The van der Waals surface area contributed by atoms with Crippen molar-refractivity contribution >= 4 is 23.5 Å². The van der Waals surface area contributed by atoms with Crippen molar-refractivity contribution in [2.75, 3.05) is 44.7 Å². The van der Waals surface area contributed by atoms with Crippen molar-refractivity contribution in [1.29, 1.82) is 0 Å². The van der Waals surface area contributed by atoms with Gasteiger partial charge in [-0.05, 0) is 25.5 Å². The molecule has 0 atom stereocenters. The molecule has 0 saturated carbocycles. The SMILES string of the molecule is CCNC(=O)c1ccc(CSc2nc(CC)cc(N3CC[NH+](C)CC3)n2)o1. The van der Waals surface area contributed by atoms with E-state index in [-0.39, 0.29) is 5.91 Å². The molecule has 0 unspecified atom stereocenters. The topological polar surface area (TPSA) is 75.7 Å². The summed E-state index contributed by atoms with van der Waals surface area (Å²) in [6.45, 7) is 8.87. The number of piperazine rings is 1. The van der Waals surface area contributed by atoms with Gasteiger partial charge in [-0.15, -0.1) is 0 Å². The molecule has 2 aromatic heterocycles. The maximum absolute atomic E-state index is 11.8. The highest BCUT2D eigenvalue weighted by Crippen LogP contribution is 2.24. The number of quaternary nitrogens is 1. The van der Waals surface area contributed by atoms with Gasteiger partial charge < -0.3 is 19.5 Å². The van der Waals surface area contributed by atoms with Crippen LogP contribution in [0.5, 0.6) is 0 Å². The van der Waals surface area contributed by atoms with E-state index in [4.69, 9.17) is 9.40 Å². The van der Waals surface area contributed by atoms with Crippen LogP contribution in [0.25, 0.3) is 0 Å². The standard InChI is InChI=1S/C19H27N5O2S/c1-4-14-12-17(24-10-8-23(3)9-11-24)22-19(21-14)27-13-15-6-7-16(26-15)18(25)20-5-2/h6-7,12H,4-5,8-11,13H2,1-3H3,(H,20,25)/p+1. The number of anilines is 1. The monoisotopic (exact) mass is 390 g/mol. The normalized spacial score (nSPS) is 15.1. The van der Waals surface area contributed by atoms with E-state index < -0.39 is 0 Å². The number of carbonyl (C=O) groups excluding carboxylic acids is 1. The lowest BCUT2D eigenvalue weighted by Gasteiger charge is -2.31. The molecule has 7 nitrogen and oxygen atoms in total. The minimum absolute atomic E-state index is 0.183. The third-order valence-electron chi connectivity index (χ3n) is 4.61. The highest BCUT2D eigenvalue weighted by Gasteiger charge is 2.19. The first-order valence-electron chi connectivity index (χ1n) is 9.53. The fraction of sp³-hybridized carbons (Fsp3) is 0.526. The van der Waals surface area contributed by atoms with Crippen molar-refractivity contribution in [1.82, 2.24) is 15.3 Å². The molecule has 1 fully saturated rings. The number of rotatable bonds is 7. The van der Waals surface area contributed by atoms with Gasteiger partial charge in [0.1, 0.15) is 11.6 Å². The van der Waals surface area contributed by atoms with Crippen molar-refractivity contribution in [3.8, 4) is 0 Å². The molecule has 1 saturated heterocycles. The molecule has 0 aromatic carbocycles. The van der Waals surface area contributed by atoms with Crippen LogP contribution in [-0.2, 0) is 12.2 Å². The van der Waals surface area contributed by atoms with Crippen LogP contribution < -0.4 is 15.1 Å². The largest absolute Gasteiger partial charge is 0.455 e. The van der Waals surface area contributed by atoms with E-state index in [1.54, 1.807) is 22.7 Å². The molecule has 27 heavy (non-hydrogen) atoms. The van der Waals surface area contributed by atoms with Gasteiger partial charge in [0.15, 0.2) is 10.9 Å². The third-order valence-corrected chi connectivity index (χ3v) is 5.48. The Morgan fingerprint density at radius 3 is 2.78 bits per heavy atom. The number of carbonyl (C=O) groups is 1. The van der Waals surface area contributed by atoms with E-state index in [1.807, 2.05) is 13.0 Å². The zero-order chi connectivity index (χ0) is 19.2. The Balaban J connectivity index is 1.67. The Bertz CT molecular complexity index is 771. The van der Waals surface area contributed by atoms with Crippen molar-refractivity contribution < 1.29 is 14.1 Å². The molecule has 8 heteroatoms. The van der Waals surface area contributed by atoms with Crippen LogP contribution in [0.1, 0.15) is 35.9 Å². The number of hydrogen-bond donors (Lipinski definition) is 2. The van der Waals surface area contributed by atoms with Crippen LogP contribution in [0, 0.1) is 0 Å². The van der Waals surface area contributed by atoms with Crippen LogP contribution in [0.2, 0.25) is 0 Å². The minimum Gasteiger partial charge on any atom is -0.455 e. The summed E-state index contributed by atoms with van der Waals surface area (Å²) in [6, 6.07) is 5.65. The number of aromatic nitrogens is 2. The van der Waals surface area contributed by atoms with E-state index in [0.717, 1.165) is 55.0 Å². The number of hydrogen-bond acceptors (Lipinski definition) is 6. The van der Waals surface area contributed by atoms with Gasteiger partial charge in [-0.1, -0.05) is 18.7 Å². The summed E-state index contributed by atoms with van der Waals surface area (Å²) in [5, 5.41) is 3.50. The number of aryl methyl sites for hydroxylation is 1. The third kappa shape index (κ3) is 5.23. The van der Waals surface area contributed by atoms with Gasteiger partial charge in [-0.3, -0.25) is 4.79 Å². The number of nitrogens with one attached hydrogen (secondary N) is 2. The van der Waals surface area contributed by atoms with Crippen LogP contribution in [0.15, 0.2) is 27.8 Å². The van der Waals surface area contributed by atoms with Crippen molar-refractivity contribution in [2.45, 2.75) is 31.2 Å². The first-order valence-corrected chi connectivity index (χ1v) is 10.5. The van der Waals surface area contributed by atoms with Crippen molar-refractivity contribution in [3.05, 3.63) is 35.4 Å². The molecule has 0 aliphatic carbocycles. The first-order chi connectivity index (χ1) is 13.1. The van der Waals surface area contributed by atoms with Crippen LogP contribution in [0.4, 0.5) is 5.82 Å². The second-order valence-corrected chi connectivity index (χ2v) is 7.65. The Kier molecular flexibility index (Phi) is 6.73. The highest BCUT2D eigenvalue weighted by atomic mass is 32.2. The molecule has 0 spiro atoms. The molecular weight excluding hydrogens is 362 g/mol. The predicted molar refractivity (Wildman–Crippen MR) is 107 cm³/mol. The molecule has 1 amide bonds. The Morgan fingerprint density at radius 2 is 2.07 bits per heavy atom. The van der Waals surface area contributed by atoms with Crippen molar-refractivity contribution in [2.24, 2.45) is 0 Å². The number of furan rings is 1. The minimum atomic E-state index is -0.183. The van der Waals surface area contributed by atoms with E-state index in [0.29, 0.717) is 18.1 Å². The maximum atomic E-state index is 11.8. The van der Waals surface area contributed by atoms with Gasteiger partial charge in [0.2, 0.25) is 0 Å². The smallest absolute Gasteiger partial charge is 0.286 e. The number of thioether (sulfide) groups is 1. The van der Waals surface area contributed by atoms with Crippen molar-refractivity contribution in [3.63, 3.8) is 0 Å². The zero-order valence-corrected chi connectivity index (χ0v) is 17.1. The molecule has 2 aromatic rings. The summed E-state index contributed by atoms with van der Waals surface area (Å²) in [7, 11) is 2.23. The molecule has 1 aliphatic heterocycles. The van der Waals surface area contributed by atoms with Gasteiger partial charge in [0.25, 0.3) is 5.91 Å². The summed E-state index contributed by atoms with van der Waals surface area (Å²) in [6.07, 6.45) is 0.879. The lowest BCUT2D eigenvalue weighted by atomic mass is 10.3. The van der Waals surface area contributed by atoms with Gasteiger partial charge in [0, 0.05) is 18.3 Å². The van der Waals surface area contributed by atoms with Gasteiger partial charge in [0.05, 0.1) is 39.0 Å². The molecule has 0 radical (unpaired) electrons. The van der Waals surface area contributed by atoms with Crippen LogP contribution in [0.3, 0.4) is 0 Å². The highest BCUT2D eigenvalue weighted by molar-refractivity contribution is 7.98. The van der Waals surface area contributed by atoms with Gasteiger partial charge >= 0.3 is 0 Å². The first kappa shape index (κ1) is 19.7. The van der Waals surface area contributed by atoms with E-state index in [9.17, 15) is 4.79 Å². The lowest BCUT2D eigenvalue weighted by Crippen LogP contribution is -3.12. The molecule has 2 N–H and O–H groups in total. The zero-order valence-electron chi connectivity index (χ0n) is 16.2. The summed E-state index contributed by atoms with van der Waals surface area (Å²) >= 11 is 1.54. The van der Waals surface area contributed by atoms with E-state index in [1.165, 1.54) is 0 Å². The van der Waals surface area contributed by atoms with Gasteiger partial charge in [-0.25, -0.2) is 9.97 Å². The Hall–Kier alpha value is -2.06. The molecule has 146 valence electrons. The van der Waals surface area contributed by atoms with E-state index >= 15 is 0 Å². The summed E-state index contributed by atoms with van der Waals surface area (Å²) < 4.78 is 5.63. The second-order valence-electron chi connectivity index (χ2n) is 6.71. The lowest BCUT2D eigenvalue weighted by molar-refractivity contribution is -0.880. The van der Waals surface area contributed by atoms with E-state index in [2.05, 4.69) is 35.2 Å². The summed E-state index contributed by atoms with van der Waals surface area (Å²) in [4.78, 5) is 25.1. The quantitative estimate of drug-likeness (QED) is 0.543. The summed E-state index contributed by atoms with van der Waals surface area (Å²) in [5.74, 6) is 2.52. The second kappa shape index (κ2) is 9.23. The predicted octanol–water partition coefficient (Wildman–Crippen LogP) is 1.01. The number of nitrogens with zero attached hydrogens (tertiary/aromatic N) is 3. The molecular formula is C19H28N5O2S+. The Morgan fingerprint density at radius 1 is 1.30 bits per heavy atom. The average molecular weight is 391 g/mol. The summed E-state index contributed by atoms with van der Waals surface area (Å²) in [5.41, 5.74) is 1.05. The van der Waals surface area contributed by atoms with Crippen LogP contribution in [-0.4, -0.2) is 55.6 Å². The van der Waals surface area contributed by atoms with Crippen LogP contribution >= 0.6 is 11.8 Å². The molecule has 3 heterocycles. The Labute approximate surface area is 164 Å². The average Bonchev–Trinajstić information content (AvgIpc) is 3.16. The number of likely N-dealkylation sites (N-methyl/N-ethyl adjacent to an activating group) is 1. The fourth-order valence-corrected chi connectivity index (χ4v) is 3.71. The number of amides is 1. The molecule has 3 rings (SSSR count). The maximum Gasteiger partial charge on any atom is 0.286 e.